The molecule has 1 fully saturated rings. The molecule has 112 valence electrons. The van der Waals surface area contributed by atoms with Gasteiger partial charge in [-0.1, -0.05) is 12.1 Å². The molecular weight excluding hydrogens is 268 g/mol. The smallest absolute Gasteiger partial charge is 0.261 e. The predicted octanol–water partition coefficient (Wildman–Crippen LogP) is 1.13. The van der Waals surface area contributed by atoms with Gasteiger partial charge in [-0.15, -0.1) is 0 Å². The van der Waals surface area contributed by atoms with Gasteiger partial charge in [0.15, 0.2) is 0 Å². The average Bonchev–Trinajstić information content (AvgIpc) is 3.06. The molecule has 1 saturated heterocycles. The molecule has 0 saturated carbocycles. The predicted molar refractivity (Wildman–Crippen MR) is 78.1 cm³/mol. The summed E-state index contributed by atoms with van der Waals surface area (Å²) in [7, 11) is 0. The second-order valence-corrected chi connectivity index (χ2v) is 5.68. The molecular formula is C16H20N2O3. The lowest BCUT2D eigenvalue weighted by atomic mass is 10.1. The van der Waals surface area contributed by atoms with Gasteiger partial charge in [0.05, 0.1) is 17.7 Å². The number of hydrogen-bond donors (Lipinski definition) is 1. The van der Waals surface area contributed by atoms with Gasteiger partial charge in [-0.3, -0.25) is 19.4 Å². The minimum Gasteiger partial charge on any atom is -0.395 e. The molecule has 1 atom stereocenters. The van der Waals surface area contributed by atoms with Gasteiger partial charge in [0, 0.05) is 19.1 Å². The molecule has 2 aliphatic heterocycles. The Hall–Kier alpha value is -1.72. The third-order valence-corrected chi connectivity index (χ3v) is 4.42. The van der Waals surface area contributed by atoms with E-state index in [9.17, 15) is 14.7 Å². The normalized spacial score (nSPS) is 22.1. The number of rotatable bonds is 5. The summed E-state index contributed by atoms with van der Waals surface area (Å²) in [4.78, 5) is 28.0. The van der Waals surface area contributed by atoms with E-state index >= 15 is 0 Å². The van der Waals surface area contributed by atoms with E-state index in [0.29, 0.717) is 17.7 Å². The molecule has 1 aromatic carbocycles. The maximum Gasteiger partial charge on any atom is 0.261 e. The van der Waals surface area contributed by atoms with Crippen LogP contribution in [0.4, 0.5) is 0 Å². The molecule has 2 aliphatic rings. The van der Waals surface area contributed by atoms with Gasteiger partial charge in [0.2, 0.25) is 0 Å². The average molecular weight is 288 g/mol. The fourth-order valence-corrected chi connectivity index (χ4v) is 3.27. The van der Waals surface area contributed by atoms with Crippen LogP contribution in [0, 0.1) is 0 Å². The monoisotopic (exact) mass is 288 g/mol. The summed E-state index contributed by atoms with van der Waals surface area (Å²) in [5, 5.41) is 9.29. The fourth-order valence-electron chi connectivity index (χ4n) is 3.27. The molecule has 1 N–H and O–H groups in total. The first kappa shape index (κ1) is 14.2. The minimum atomic E-state index is -0.185. The van der Waals surface area contributed by atoms with Crippen molar-refractivity contribution in [2.24, 2.45) is 0 Å². The summed E-state index contributed by atoms with van der Waals surface area (Å²) in [5.74, 6) is -0.369. The molecule has 21 heavy (non-hydrogen) atoms. The Morgan fingerprint density at radius 1 is 1.10 bits per heavy atom. The van der Waals surface area contributed by atoms with Crippen molar-refractivity contribution >= 4 is 11.8 Å². The Labute approximate surface area is 124 Å². The van der Waals surface area contributed by atoms with Gasteiger partial charge in [0.1, 0.15) is 0 Å². The molecule has 2 amide bonds. The van der Waals surface area contributed by atoms with Crippen molar-refractivity contribution in [2.75, 3.05) is 26.2 Å². The van der Waals surface area contributed by atoms with Crippen LogP contribution in [0.25, 0.3) is 0 Å². The number of benzene rings is 1. The zero-order valence-corrected chi connectivity index (χ0v) is 12.0. The van der Waals surface area contributed by atoms with Gasteiger partial charge in [-0.2, -0.15) is 0 Å². The van der Waals surface area contributed by atoms with Crippen LogP contribution in [0.1, 0.15) is 40.0 Å². The van der Waals surface area contributed by atoms with Gasteiger partial charge in [0.25, 0.3) is 11.8 Å². The number of hydrogen-bond acceptors (Lipinski definition) is 4. The summed E-state index contributed by atoms with van der Waals surface area (Å²) in [6.07, 6.45) is 2.89. The summed E-state index contributed by atoms with van der Waals surface area (Å²) < 4.78 is 0. The van der Waals surface area contributed by atoms with Crippen LogP contribution in [0.3, 0.4) is 0 Å². The molecule has 0 aromatic heterocycles. The van der Waals surface area contributed by atoms with Crippen LogP contribution >= 0.6 is 0 Å². The SMILES string of the molecule is O=C1c2ccccc2C(=O)N1CCCN1CCC[C@H]1CO. The Kier molecular flexibility index (Phi) is 4.03. The molecule has 3 rings (SSSR count). The zero-order chi connectivity index (χ0) is 14.8. The van der Waals surface area contributed by atoms with Crippen molar-refractivity contribution in [3.8, 4) is 0 Å². The van der Waals surface area contributed by atoms with E-state index in [2.05, 4.69) is 4.90 Å². The number of imide groups is 1. The van der Waals surface area contributed by atoms with Crippen LogP contribution in [-0.4, -0.2) is 59.0 Å². The van der Waals surface area contributed by atoms with Crippen LogP contribution in [0.5, 0.6) is 0 Å². The third kappa shape index (κ3) is 2.59. The molecule has 0 radical (unpaired) electrons. The van der Waals surface area contributed by atoms with E-state index in [-0.39, 0.29) is 24.5 Å². The highest BCUT2D eigenvalue weighted by molar-refractivity contribution is 6.21. The minimum absolute atomic E-state index is 0.185. The Bertz CT molecular complexity index is 523. The summed E-state index contributed by atoms with van der Waals surface area (Å²) in [6, 6.07) is 7.22. The number of fused-ring (bicyclic) bond motifs is 1. The lowest BCUT2D eigenvalue weighted by Crippen LogP contribution is -2.36. The number of nitrogens with zero attached hydrogens (tertiary/aromatic N) is 2. The van der Waals surface area contributed by atoms with Gasteiger partial charge < -0.3 is 5.11 Å². The largest absolute Gasteiger partial charge is 0.395 e. The highest BCUT2D eigenvalue weighted by Gasteiger charge is 2.34. The first-order valence-electron chi connectivity index (χ1n) is 7.52. The van der Waals surface area contributed by atoms with Crippen LogP contribution < -0.4 is 0 Å². The van der Waals surface area contributed by atoms with E-state index in [1.807, 2.05) is 0 Å². The molecule has 0 spiro atoms. The van der Waals surface area contributed by atoms with E-state index in [1.54, 1.807) is 24.3 Å². The Balaban J connectivity index is 1.57. The summed E-state index contributed by atoms with van der Waals surface area (Å²) in [5.41, 5.74) is 1.02. The highest BCUT2D eigenvalue weighted by Crippen LogP contribution is 2.23. The van der Waals surface area contributed by atoms with Crippen molar-refractivity contribution in [2.45, 2.75) is 25.3 Å². The second-order valence-electron chi connectivity index (χ2n) is 5.68. The zero-order valence-electron chi connectivity index (χ0n) is 12.0. The first-order valence-corrected chi connectivity index (χ1v) is 7.52. The van der Waals surface area contributed by atoms with Gasteiger partial charge in [-0.05, 0) is 37.9 Å². The number of likely N-dealkylation sites (tertiary alicyclic amines) is 1. The molecule has 2 heterocycles. The molecule has 0 aliphatic carbocycles. The molecule has 5 heteroatoms. The fraction of sp³-hybridized carbons (Fsp3) is 0.500. The first-order chi connectivity index (χ1) is 10.2. The quantitative estimate of drug-likeness (QED) is 0.825. The maximum absolute atomic E-state index is 12.2. The third-order valence-electron chi connectivity index (χ3n) is 4.42. The number of amides is 2. The van der Waals surface area contributed by atoms with E-state index in [1.165, 1.54) is 4.90 Å². The second kappa shape index (κ2) is 5.95. The van der Waals surface area contributed by atoms with Crippen LogP contribution in [0.2, 0.25) is 0 Å². The molecule has 1 aromatic rings. The Morgan fingerprint density at radius 3 is 2.38 bits per heavy atom. The topological polar surface area (TPSA) is 60.9 Å². The van der Waals surface area contributed by atoms with Crippen molar-refractivity contribution in [1.29, 1.82) is 0 Å². The molecule has 0 bridgehead atoms. The van der Waals surface area contributed by atoms with Crippen molar-refractivity contribution < 1.29 is 14.7 Å². The molecule has 5 nitrogen and oxygen atoms in total. The number of carbonyl (C=O) groups excluding carboxylic acids is 2. The van der Waals surface area contributed by atoms with E-state index in [0.717, 1.165) is 32.4 Å². The summed E-state index contributed by atoms with van der Waals surface area (Å²) in [6.45, 7) is 2.44. The van der Waals surface area contributed by atoms with Gasteiger partial charge >= 0.3 is 0 Å². The molecule has 0 unspecified atom stereocenters. The van der Waals surface area contributed by atoms with Crippen molar-refractivity contribution in [3.05, 3.63) is 35.4 Å². The van der Waals surface area contributed by atoms with Gasteiger partial charge in [-0.25, -0.2) is 0 Å². The summed E-state index contributed by atoms with van der Waals surface area (Å²) >= 11 is 0. The maximum atomic E-state index is 12.2. The van der Waals surface area contributed by atoms with Crippen LogP contribution in [-0.2, 0) is 0 Å². The lowest BCUT2D eigenvalue weighted by molar-refractivity contribution is 0.0643. The van der Waals surface area contributed by atoms with Crippen molar-refractivity contribution in [3.63, 3.8) is 0 Å². The highest BCUT2D eigenvalue weighted by atomic mass is 16.3. The number of aliphatic hydroxyl groups excluding tert-OH is 1. The van der Waals surface area contributed by atoms with Crippen LogP contribution in [0.15, 0.2) is 24.3 Å². The van der Waals surface area contributed by atoms with E-state index in [4.69, 9.17) is 0 Å². The lowest BCUT2D eigenvalue weighted by Gasteiger charge is -2.23. The number of aliphatic hydroxyl groups is 1. The van der Waals surface area contributed by atoms with Crippen molar-refractivity contribution in [1.82, 2.24) is 9.80 Å². The number of carbonyl (C=O) groups is 2. The standard InChI is InChI=1S/C16H20N2O3/c19-11-12-5-3-8-17(12)9-4-10-18-15(20)13-6-1-2-7-14(13)16(18)21/h1-2,6-7,12,19H,3-5,8-11H2/t12-/m0/s1. The van der Waals surface area contributed by atoms with E-state index < -0.39 is 0 Å². The Morgan fingerprint density at radius 2 is 1.76 bits per heavy atom.